The Kier molecular flexibility index (Phi) is 6.30. The molecular weight excluding hydrogens is 479 g/mol. The van der Waals surface area contributed by atoms with Crippen LogP contribution in [0.2, 0.25) is 0 Å². The Labute approximate surface area is 209 Å². The lowest BCUT2D eigenvalue weighted by Crippen LogP contribution is -2.47. The Hall–Kier alpha value is -3.30. The van der Waals surface area contributed by atoms with Gasteiger partial charge in [0.15, 0.2) is 9.84 Å². The first-order valence-electron chi connectivity index (χ1n) is 12.1. The van der Waals surface area contributed by atoms with Crippen LogP contribution in [0, 0.1) is 12.7 Å². The molecule has 1 fully saturated rings. The molecule has 7 nitrogen and oxygen atoms in total. The van der Waals surface area contributed by atoms with E-state index in [1.807, 2.05) is 13.0 Å². The molecule has 4 aromatic rings. The molecule has 5 rings (SSSR count). The fraction of sp³-hybridized carbons (Fsp3) is 0.333. The number of likely N-dealkylation sites (tertiary alicyclic amines) is 1. The maximum absolute atomic E-state index is 14.2. The number of amides is 1. The zero-order valence-corrected chi connectivity index (χ0v) is 21.4. The van der Waals surface area contributed by atoms with E-state index in [4.69, 9.17) is 0 Å². The van der Waals surface area contributed by atoms with Crippen molar-refractivity contribution < 1.29 is 17.6 Å². The number of aryl methyl sites for hydroxylation is 1. The molecule has 0 atom stereocenters. The van der Waals surface area contributed by atoms with Crippen molar-refractivity contribution in [3.05, 3.63) is 65.6 Å². The first kappa shape index (κ1) is 24.4. The first-order chi connectivity index (χ1) is 17.2. The third kappa shape index (κ3) is 4.26. The molecule has 0 bridgehead atoms. The number of hydrogen-bond acceptors (Lipinski definition) is 5. The summed E-state index contributed by atoms with van der Waals surface area (Å²) >= 11 is 0. The van der Waals surface area contributed by atoms with Crippen molar-refractivity contribution in [2.45, 2.75) is 37.6 Å². The highest BCUT2D eigenvalue weighted by molar-refractivity contribution is 7.91. The summed E-state index contributed by atoms with van der Waals surface area (Å²) in [6, 6.07) is 11.6. The molecule has 1 aliphatic heterocycles. The van der Waals surface area contributed by atoms with Crippen LogP contribution in [0.4, 0.5) is 10.1 Å². The molecule has 188 valence electrons. The number of anilines is 1. The van der Waals surface area contributed by atoms with Gasteiger partial charge >= 0.3 is 0 Å². The number of fused-ring (bicyclic) bond motifs is 3. The smallest absolute Gasteiger partial charge is 0.258 e. The standard InChI is InChI=1S/C27H29FN4O3S/c1-4-36(34,35)21-7-5-6-20(15-21)32(19-10-12-31(3)13-11-19)27(33)22-8-9-23-24-14-18(28)16-29-26(24)30-25(23)17(22)2/h5-9,14-16,19H,4,10-13H2,1-3H3,(H,29,30). The first-order valence-corrected chi connectivity index (χ1v) is 13.8. The molecule has 0 spiro atoms. The second-order valence-electron chi connectivity index (χ2n) is 9.45. The molecule has 1 aliphatic rings. The van der Waals surface area contributed by atoms with Crippen molar-refractivity contribution in [3.8, 4) is 0 Å². The summed E-state index contributed by atoms with van der Waals surface area (Å²) in [5, 5.41) is 1.46. The van der Waals surface area contributed by atoms with Gasteiger partial charge in [-0.25, -0.2) is 17.8 Å². The van der Waals surface area contributed by atoms with Crippen LogP contribution in [0.1, 0.15) is 35.7 Å². The summed E-state index contributed by atoms with van der Waals surface area (Å²) in [5.74, 6) is -0.618. The summed E-state index contributed by atoms with van der Waals surface area (Å²) in [5.41, 5.74) is 3.12. The number of nitrogens with one attached hydrogen (secondary N) is 1. The van der Waals surface area contributed by atoms with Crippen LogP contribution in [0.25, 0.3) is 21.9 Å². The van der Waals surface area contributed by atoms with Gasteiger partial charge in [0.2, 0.25) is 0 Å². The van der Waals surface area contributed by atoms with E-state index < -0.39 is 15.7 Å². The van der Waals surface area contributed by atoms with Crippen LogP contribution in [0.15, 0.2) is 53.6 Å². The summed E-state index contributed by atoms with van der Waals surface area (Å²) in [4.78, 5) is 25.7. The summed E-state index contributed by atoms with van der Waals surface area (Å²) in [6.45, 7) is 5.17. The Morgan fingerprint density at radius 1 is 1.17 bits per heavy atom. The highest BCUT2D eigenvalue weighted by Crippen LogP contribution is 2.32. The maximum atomic E-state index is 14.2. The Morgan fingerprint density at radius 3 is 2.64 bits per heavy atom. The minimum Gasteiger partial charge on any atom is -0.339 e. The molecule has 1 saturated heterocycles. The number of H-pyrrole nitrogens is 1. The van der Waals surface area contributed by atoms with Gasteiger partial charge in [0.05, 0.1) is 22.4 Å². The monoisotopic (exact) mass is 508 g/mol. The lowest BCUT2D eigenvalue weighted by atomic mass is 9.98. The van der Waals surface area contributed by atoms with Crippen molar-refractivity contribution in [1.82, 2.24) is 14.9 Å². The molecule has 0 unspecified atom stereocenters. The van der Waals surface area contributed by atoms with E-state index in [0.717, 1.165) is 48.6 Å². The van der Waals surface area contributed by atoms with Gasteiger partial charge < -0.3 is 14.8 Å². The van der Waals surface area contributed by atoms with Gasteiger partial charge in [-0.05, 0) is 75.8 Å². The number of sulfone groups is 1. The number of nitrogens with zero attached hydrogens (tertiary/aromatic N) is 3. The number of aromatic amines is 1. The van der Waals surface area contributed by atoms with Crippen LogP contribution in [-0.2, 0) is 9.84 Å². The Bertz CT molecular complexity index is 1570. The zero-order valence-electron chi connectivity index (χ0n) is 20.6. The third-order valence-corrected chi connectivity index (χ3v) is 8.92. The molecule has 0 saturated carbocycles. The maximum Gasteiger partial charge on any atom is 0.258 e. The Morgan fingerprint density at radius 2 is 1.92 bits per heavy atom. The highest BCUT2D eigenvalue weighted by atomic mass is 32.2. The number of carbonyl (C=O) groups excluding carboxylic acids is 1. The van der Waals surface area contributed by atoms with E-state index >= 15 is 0 Å². The number of pyridine rings is 1. The van der Waals surface area contributed by atoms with E-state index in [9.17, 15) is 17.6 Å². The van der Waals surface area contributed by atoms with Gasteiger partial charge in [-0.15, -0.1) is 0 Å². The topological polar surface area (TPSA) is 86.4 Å². The summed E-state index contributed by atoms with van der Waals surface area (Å²) in [6.07, 6.45) is 2.73. The van der Waals surface area contributed by atoms with Gasteiger partial charge in [-0.1, -0.05) is 19.1 Å². The molecule has 2 aromatic carbocycles. The summed E-state index contributed by atoms with van der Waals surface area (Å²) < 4.78 is 39.0. The molecule has 3 heterocycles. The van der Waals surface area contributed by atoms with Crippen molar-refractivity contribution in [2.75, 3.05) is 30.8 Å². The van der Waals surface area contributed by atoms with Crippen LogP contribution in [-0.4, -0.2) is 61.1 Å². The van der Waals surface area contributed by atoms with Gasteiger partial charge in [0, 0.05) is 28.1 Å². The number of rotatable bonds is 5. The fourth-order valence-electron chi connectivity index (χ4n) is 5.06. The van der Waals surface area contributed by atoms with Crippen molar-refractivity contribution in [1.29, 1.82) is 0 Å². The predicted octanol–water partition coefficient (Wildman–Crippen LogP) is 4.70. The molecule has 36 heavy (non-hydrogen) atoms. The Balaban J connectivity index is 1.63. The normalized spacial score (nSPS) is 15.6. The SMILES string of the molecule is CCS(=O)(=O)c1cccc(N(C(=O)c2ccc3c([nH]c4ncc(F)cc43)c2C)C2CCN(C)CC2)c1. The number of hydrogen-bond donors (Lipinski definition) is 1. The van der Waals surface area contributed by atoms with Crippen LogP contribution < -0.4 is 4.90 Å². The lowest BCUT2D eigenvalue weighted by molar-refractivity contribution is 0.0963. The molecule has 9 heteroatoms. The molecular formula is C27H29FN4O3S. The molecule has 0 aliphatic carbocycles. The molecule has 1 amide bonds. The van der Waals surface area contributed by atoms with E-state index in [0.29, 0.717) is 22.3 Å². The van der Waals surface area contributed by atoms with Crippen molar-refractivity contribution >= 4 is 43.4 Å². The van der Waals surface area contributed by atoms with Gasteiger partial charge in [0.1, 0.15) is 11.5 Å². The van der Waals surface area contributed by atoms with Crippen LogP contribution in [0.3, 0.4) is 0 Å². The van der Waals surface area contributed by atoms with Crippen LogP contribution >= 0.6 is 0 Å². The quantitative estimate of drug-likeness (QED) is 0.422. The van der Waals surface area contributed by atoms with Crippen molar-refractivity contribution in [2.24, 2.45) is 0 Å². The number of benzene rings is 2. The van der Waals surface area contributed by atoms with E-state index in [2.05, 4.69) is 21.9 Å². The fourth-order valence-corrected chi connectivity index (χ4v) is 5.98. The number of piperidine rings is 1. The molecule has 2 aromatic heterocycles. The molecule has 0 radical (unpaired) electrons. The van der Waals surface area contributed by atoms with Gasteiger partial charge in [-0.3, -0.25) is 4.79 Å². The summed E-state index contributed by atoms with van der Waals surface area (Å²) in [7, 11) is -1.37. The van der Waals surface area contributed by atoms with Gasteiger partial charge in [0.25, 0.3) is 5.91 Å². The zero-order chi connectivity index (χ0) is 25.6. The van der Waals surface area contributed by atoms with Crippen molar-refractivity contribution in [3.63, 3.8) is 0 Å². The van der Waals surface area contributed by atoms with E-state index in [-0.39, 0.29) is 22.6 Å². The van der Waals surface area contributed by atoms with Crippen LogP contribution in [0.5, 0.6) is 0 Å². The molecule has 1 N–H and O–H groups in total. The second kappa shape index (κ2) is 9.29. The predicted molar refractivity (Wildman–Crippen MR) is 140 cm³/mol. The van der Waals surface area contributed by atoms with E-state index in [1.165, 1.54) is 6.07 Å². The minimum atomic E-state index is -3.43. The number of halogens is 1. The van der Waals surface area contributed by atoms with Gasteiger partial charge in [-0.2, -0.15) is 0 Å². The number of carbonyl (C=O) groups is 1. The minimum absolute atomic E-state index is 0.0105. The average molecular weight is 509 g/mol. The lowest BCUT2D eigenvalue weighted by Gasteiger charge is -2.37. The average Bonchev–Trinajstić information content (AvgIpc) is 3.24. The largest absolute Gasteiger partial charge is 0.339 e. The van der Waals surface area contributed by atoms with E-state index in [1.54, 1.807) is 42.2 Å². The third-order valence-electron chi connectivity index (χ3n) is 7.19. The highest BCUT2D eigenvalue weighted by Gasteiger charge is 2.31. The second-order valence-corrected chi connectivity index (χ2v) is 11.7. The number of aromatic nitrogens is 2.